The summed E-state index contributed by atoms with van der Waals surface area (Å²) in [6, 6.07) is 19.8. The molecule has 3 aromatic carbocycles. The molecular formula is C27H21Cl2F3N2O3S. The molecule has 0 N–H and O–H groups in total. The van der Waals surface area contributed by atoms with Gasteiger partial charge in [-0.3, -0.25) is 4.99 Å². The third-order valence-electron chi connectivity index (χ3n) is 5.54. The number of benzene rings is 3. The molecule has 0 aliphatic rings. The van der Waals surface area contributed by atoms with E-state index in [1.54, 1.807) is 60.7 Å². The minimum absolute atomic E-state index is 0.0333. The van der Waals surface area contributed by atoms with Gasteiger partial charge in [-0.25, -0.2) is 8.42 Å². The molecule has 0 amide bonds. The Kier molecular flexibility index (Phi) is 8.32. The number of nitrogens with zero attached hydrogens (tertiary/aromatic N) is 2. The van der Waals surface area contributed by atoms with E-state index in [1.165, 1.54) is 16.6 Å². The van der Waals surface area contributed by atoms with Crippen LogP contribution in [0.3, 0.4) is 0 Å². The molecule has 1 heterocycles. The summed E-state index contributed by atoms with van der Waals surface area (Å²) in [5.41, 5.74) is 0.687. The van der Waals surface area contributed by atoms with Crippen molar-refractivity contribution in [2.75, 3.05) is 0 Å². The van der Waals surface area contributed by atoms with Gasteiger partial charge in [0, 0.05) is 11.6 Å². The molecule has 0 radical (unpaired) electrons. The summed E-state index contributed by atoms with van der Waals surface area (Å²) in [6.07, 6.45) is -3.36. The molecule has 4 rings (SSSR count). The smallest absolute Gasteiger partial charge is 0.417 e. The van der Waals surface area contributed by atoms with Gasteiger partial charge < -0.3 is 4.42 Å². The molecular weight excluding hydrogens is 560 g/mol. The zero-order valence-corrected chi connectivity index (χ0v) is 22.2. The molecule has 0 unspecified atom stereocenters. The van der Waals surface area contributed by atoms with Crippen molar-refractivity contribution in [2.45, 2.75) is 31.1 Å². The molecule has 0 saturated heterocycles. The number of rotatable bonds is 8. The fourth-order valence-electron chi connectivity index (χ4n) is 3.55. The third kappa shape index (κ3) is 6.85. The largest absolute Gasteiger partial charge is 0.459 e. The van der Waals surface area contributed by atoms with E-state index in [0.717, 1.165) is 23.3 Å². The Bertz CT molecular complexity index is 1550. The molecule has 0 spiro atoms. The zero-order chi connectivity index (χ0) is 27.5. The van der Waals surface area contributed by atoms with Gasteiger partial charge in [0.05, 0.1) is 33.9 Å². The molecule has 198 valence electrons. The van der Waals surface area contributed by atoms with Gasteiger partial charge in [-0.05, 0) is 67.1 Å². The first-order chi connectivity index (χ1) is 17.9. The van der Waals surface area contributed by atoms with E-state index < -0.39 is 26.8 Å². The van der Waals surface area contributed by atoms with Crippen LogP contribution < -0.4 is 0 Å². The molecule has 38 heavy (non-hydrogen) atoms. The number of hydrogen-bond acceptors (Lipinski definition) is 4. The van der Waals surface area contributed by atoms with Crippen LogP contribution in [0.2, 0.25) is 10.0 Å². The second kappa shape index (κ2) is 11.3. The van der Waals surface area contributed by atoms with Crippen LogP contribution in [0.4, 0.5) is 18.9 Å². The van der Waals surface area contributed by atoms with Gasteiger partial charge in [0.15, 0.2) is 0 Å². The summed E-state index contributed by atoms with van der Waals surface area (Å²) in [5.74, 6) is 0.561. The van der Waals surface area contributed by atoms with E-state index in [1.807, 2.05) is 6.92 Å². The van der Waals surface area contributed by atoms with Gasteiger partial charge in [-0.15, -0.1) is 0 Å². The maximum Gasteiger partial charge on any atom is 0.417 e. The summed E-state index contributed by atoms with van der Waals surface area (Å²) < 4.78 is 73.4. The summed E-state index contributed by atoms with van der Waals surface area (Å²) in [4.78, 5) is 4.18. The fraction of sp³-hybridized carbons (Fsp3) is 0.148. The van der Waals surface area contributed by atoms with Crippen molar-refractivity contribution in [1.29, 1.82) is 0 Å². The Labute approximate surface area is 228 Å². The molecule has 0 aliphatic heterocycles. The molecule has 4 aromatic rings. The standard InChI is InChI=1S/C27H21Cl2F3N2O3S/c1-18-2-11-24(12-3-18)38(35,36)34(16-19-4-6-20(28)7-5-19)17-23-10-9-22(37-23)15-33-21-8-13-26(29)25(14-21)27(30,31)32/h2-15H,16-17H2,1H3. The van der Waals surface area contributed by atoms with Gasteiger partial charge >= 0.3 is 6.18 Å². The van der Waals surface area contributed by atoms with Gasteiger partial charge in [-0.2, -0.15) is 17.5 Å². The number of furan rings is 1. The van der Waals surface area contributed by atoms with Crippen LogP contribution in [0.5, 0.6) is 0 Å². The van der Waals surface area contributed by atoms with Crippen LogP contribution in [-0.4, -0.2) is 18.9 Å². The van der Waals surface area contributed by atoms with Gasteiger partial charge in [0.1, 0.15) is 11.5 Å². The highest BCUT2D eigenvalue weighted by molar-refractivity contribution is 7.89. The third-order valence-corrected chi connectivity index (χ3v) is 7.93. The summed E-state index contributed by atoms with van der Waals surface area (Å²) in [6.45, 7) is 1.83. The van der Waals surface area contributed by atoms with Crippen molar-refractivity contribution in [1.82, 2.24) is 4.31 Å². The van der Waals surface area contributed by atoms with E-state index in [-0.39, 0.29) is 29.4 Å². The van der Waals surface area contributed by atoms with Crippen LogP contribution in [0, 0.1) is 6.92 Å². The topological polar surface area (TPSA) is 62.9 Å². The summed E-state index contributed by atoms with van der Waals surface area (Å²) in [7, 11) is -3.91. The normalized spacial score (nSPS) is 12.5. The lowest BCUT2D eigenvalue weighted by molar-refractivity contribution is -0.137. The summed E-state index contributed by atoms with van der Waals surface area (Å²) in [5, 5.41) is 0.104. The Morgan fingerprint density at radius 1 is 0.921 bits per heavy atom. The van der Waals surface area contributed by atoms with Crippen LogP contribution in [0.1, 0.15) is 28.2 Å². The van der Waals surface area contributed by atoms with E-state index >= 15 is 0 Å². The number of halogens is 5. The van der Waals surface area contributed by atoms with Gasteiger partial charge in [-0.1, -0.05) is 53.0 Å². The highest BCUT2D eigenvalue weighted by Crippen LogP contribution is 2.36. The second-order valence-corrected chi connectivity index (χ2v) is 11.2. The van der Waals surface area contributed by atoms with Crippen LogP contribution in [-0.2, 0) is 29.3 Å². The number of hydrogen-bond donors (Lipinski definition) is 0. The van der Waals surface area contributed by atoms with Crippen LogP contribution >= 0.6 is 23.2 Å². The highest BCUT2D eigenvalue weighted by atomic mass is 35.5. The van der Waals surface area contributed by atoms with Crippen molar-refractivity contribution in [3.8, 4) is 0 Å². The van der Waals surface area contributed by atoms with E-state index in [4.69, 9.17) is 27.6 Å². The van der Waals surface area contributed by atoms with Gasteiger partial charge in [0.2, 0.25) is 10.0 Å². The molecule has 5 nitrogen and oxygen atoms in total. The van der Waals surface area contributed by atoms with Crippen molar-refractivity contribution >= 4 is 45.1 Å². The minimum Gasteiger partial charge on any atom is -0.459 e. The number of alkyl halides is 3. The Morgan fingerprint density at radius 2 is 1.61 bits per heavy atom. The predicted molar refractivity (Wildman–Crippen MR) is 141 cm³/mol. The lowest BCUT2D eigenvalue weighted by Gasteiger charge is -2.21. The molecule has 0 saturated carbocycles. The molecule has 0 bridgehead atoms. The molecule has 0 atom stereocenters. The first-order valence-corrected chi connectivity index (χ1v) is 13.4. The zero-order valence-electron chi connectivity index (χ0n) is 19.9. The van der Waals surface area contributed by atoms with Crippen LogP contribution in [0.15, 0.2) is 93.2 Å². The maximum absolute atomic E-state index is 13.5. The highest BCUT2D eigenvalue weighted by Gasteiger charge is 2.33. The van der Waals surface area contributed by atoms with Crippen molar-refractivity contribution in [3.63, 3.8) is 0 Å². The van der Waals surface area contributed by atoms with E-state index in [2.05, 4.69) is 4.99 Å². The fourth-order valence-corrected chi connectivity index (χ4v) is 5.30. The Morgan fingerprint density at radius 3 is 2.26 bits per heavy atom. The molecule has 0 aliphatic carbocycles. The quantitative estimate of drug-likeness (QED) is 0.198. The second-order valence-electron chi connectivity index (χ2n) is 8.44. The Hall–Kier alpha value is -3.11. The predicted octanol–water partition coefficient (Wildman–Crippen LogP) is 8.06. The Balaban J connectivity index is 1.58. The summed E-state index contributed by atoms with van der Waals surface area (Å²) >= 11 is 11.6. The maximum atomic E-state index is 13.5. The molecule has 1 aromatic heterocycles. The lowest BCUT2D eigenvalue weighted by Crippen LogP contribution is -2.30. The van der Waals surface area contributed by atoms with Crippen molar-refractivity contribution in [2.24, 2.45) is 4.99 Å². The van der Waals surface area contributed by atoms with Crippen molar-refractivity contribution < 1.29 is 26.0 Å². The number of aliphatic imine (C=N–C) groups is 1. The molecule has 0 fully saturated rings. The van der Waals surface area contributed by atoms with Gasteiger partial charge in [0.25, 0.3) is 0 Å². The SMILES string of the molecule is Cc1ccc(S(=O)(=O)N(Cc2ccc(Cl)cc2)Cc2ccc(C=Nc3ccc(Cl)c(C(F)(F)F)c3)o2)cc1. The lowest BCUT2D eigenvalue weighted by atomic mass is 10.2. The van der Waals surface area contributed by atoms with Crippen molar-refractivity contribution in [3.05, 3.63) is 117 Å². The first-order valence-electron chi connectivity index (χ1n) is 11.2. The number of aryl methyl sites for hydroxylation is 1. The minimum atomic E-state index is -4.61. The van der Waals surface area contributed by atoms with Crippen LogP contribution in [0.25, 0.3) is 0 Å². The number of sulfonamides is 1. The average molecular weight is 581 g/mol. The monoisotopic (exact) mass is 580 g/mol. The molecule has 11 heteroatoms. The first kappa shape index (κ1) is 27.9. The van der Waals surface area contributed by atoms with E-state index in [9.17, 15) is 21.6 Å². The average Bonchev–Trinajstić information content (AvgIpc) is 3.31. The van der Waals surface area contributed by atoms with E-state index in [0.29, 0.717) is 10.8 Å².